The molecule has 0 saturated carbocycles. The van der Waals surface area contributed by atoms with Crippen molar-refractivity contribution in [2.75, 3.05) is 18.0 Å². The molecule has 0 aromatic heterocycles. The van der Waals surface area contributed by atoms with Crippen molar-refractivity contribution in [2.45, 2.75) is 0 Å². The summed E-state index contributed by atoms with van der Waals surface area (Å²) in [6, 6.07) is 3.80. The zero-order valence-electron chi connectivity index (χ0n) is 9.45. The lowest BCUT2D eigenvalue weighted by Gasteiger charge is -2.21. The molecule has 0 bridgehead atoms. The molecule has 1 rings (SSSR count). The van der Waals surface area contributed by atoms with Gasteiger partial charge in [0.1, 0.15) is 13.1 Å². The molecule has 0 saturated heterocycles. The predicted molar refractivity (Wildman–Crippen MR) is 73.3 cm³/mol. The molecule has 19 heavy (non-hydrogen) atoms. The van der Waals surface area contributed by atoms with E-state index >= 15 is 0 Å². The highest BCUT2D eigenvalue weighted by molar-refractivity contribution is 14.1. The Morgan fingerprint density at radius 3 is 2.16 bits per heavy atom. The van der Waals surface area contributed by atoms with Gasteiger partial charge < -0.3 is 15.1 Å². The second kappa shape index (κ2) is 6.31. The van der Waals surface area contributed by atoms with Gasteiger partial charge in [-0.2, -0.15) is 0 Å². The zero-order chi connectivity index (χ0) is 14.6. The molecule has 0 atom stereocenters. The summed E-state index contributed by atoms with van der Waals surface area (Å²) in [5.74, 6) is -2.37. The maximum absolute atomic E-state index is 10.7. The predicted octanol–water partition coefficient (Wildman–Crippen LogP) is 1.18. The fourth-order valence-electron chi connectivity index (χ4n) is 1.42. The van der Waals surface area contributed by atoms with Gasteiger partial charge in [0, 0.05) is 15.7 Å². The van der Waals surface area contributed by atoms with E-state index in [2.05, 4.69) is 0 Å². The van der Waals surface area contributed by atoms with Gasteiger partial charge in [0.05, 0.1) is 10.6 Å². The van der Waals surface area contributed by atoms with E-state index < -0.39 is 30.0 Å². The van der Waals surface area contributed by atoms with E-state index in [1.807, 2.05) is 0 Å². The van der Waals surface area contributed by atoms with Crippen LogP contribution in [0.25, 0.3) is 0 Å². The Balaban J connectivity index is 3.11. The summed E-state index contributed by atoms with van der Waals surface area (Å²) in [6.07, 6.45) is 0. The Hall–Kier alpha value is -1.91. The number of hydrogen-bond donors (Lipinski definition) is 2. The third-order valence-corrected chi connectivity index (χ3v) is 3.00. The second-order valence-corrected chi connectivity index (χ2v) is 4.70. The number of nitrogens with zero attached hydrogens (tertiary/aromatic N) is 2. The fraction of sp³-hybridized carbons (Fsp3) is 0.200. The molecule has 0 fully saturated rings. The summed E-state index contributed by atoms with van der Waals surface area (Å²) in [7, 11) is 0. The van der Waals surface area contributed by atoms with Gasteiger partial charge in [-0.05, 0) is 28.7 Å². The largest absolute Gasteiger partial charge is 0.480 e. The van der Waals surface area contributed by atoms with Gasteiger partial charge in [-0.1, -0.05) is 0 Å². The van der Waals surface area contributed by atoms with E-state index in [1.165, 1.54) is 18.2 Å². The number of rotatable bonds is 6. The maximum Gasteiger partial charge on any atom is 0.323 e. The lowest BCUT2D eigenvalue weighted by Crippen LogP contribution is -2.34. The molecule has 0 aliphatic rings. The summed E-state index contributed by atoms with van der Waals surface area (Å²) in [6.45, 7) is -1.000. The van der Waals surface area contributed by atoms with Crippen LogP contribution in [0.1, 0.15) is 0 Å². The van der Waals surface area contributed by atoms with Crippen molar-refractivity contribution in [2.24, 2.45) is 0 Å². The Labute approximate surface area is 120 Å². The first-order chi connectivity index (χ1) is 8.81. The van der Waals surface area contributed by atoms with Crippen molar-refractivity contribution in [3.8, 4) is 0 Å². The van der Waals surface area contributed by atoms with E-state index in [9.17, 15) is 19.7 Å². The minimum absolute atomic E-state index is 0.140. The summed E-state index contributed by atoms with van der Waals surface area (Å²) >= 11 is 1.80. The van der Waals surface area contributed by atoms with Crippen molar-refractivity contribution < 1.29 is 24.7 Å². The van der Waals surface area contributed by atoms with Crippen molar-refractivity contribution in [3.05, 3.63) is 31.9 Å². The highest BCUT2D eigenvalue weighted by Gasteiger charge is 2.18. The number of nitro groups is 1. The van der Waals surface area contributed by atoms with E-state index in [1.54, 1.807) is 22.6 Å². The van der Waals surface area contributed by atoms with Crippen LogP contribution in [-0.4, -0.2) is 40.2 Å². The number of benzene rings is 1. The van der Waals surface area contributed by atoms with Gasteiger partial charge in [-0.3, -0.25) is 19.7 Å². The molecule has 8 nitrogen and oxygen atoms in total. The van der Waals surface area contributed by atoms with Crippen LogP contribution in [0.3, 0.4) is 0 Å². The first-order valence-electron chi connectivity index (χ1n) is 4.93. The molecule has 0 aliphatic heterocycles. The normalized spacial score (nSPS) is 9.95. The standard InChI is InChI=1S/C10H9IN2O6/c11-7-3-6(13(18)19)1-2-8(7)12(4-9(14)15)5-10(16)17/h1-3H,4-5H2,(H,14,15)(H,16,17). The second-order valence-electron chi connectivity index (χ2n) is 3.54. The number of carbonyl (C=O) groups is 2. The molecule has 102 valence electrons. The number of hydrogen-bond acceptors (Lipinski definition) is 5. The molecular weight excluding hydrogens is 371 g/mol. The summed E-state index contributed by atoms with van der Waals surface area (Å²) in [4.78, 5) is 32.5. The SMILES string of the molecule is O=C(O)CN(CC(=O)O)c1ccc([N+](=O)[O-])cc1I. The topological polar surface area (TPSA) is 121 Å². The Morgan fingerprint density at radius 2 is 1.79 bits per heavy atom. The average molecular weight is 380 g/mol. The summed E-state index contributed by atoms with van der Waals surface area (Å²) in [5.41, 5.74) is 0.190. The lowest BCUT2D eigenvalue weighted by molar-refractivity contribution is -0.384. The lowest BCUT2D eigenvalue weighted by atomic mass is 10.2. The van der Waals surface area contributed by atoms with Crippen LogP contribution in [0.15, 0.2) is 18.2 Å². The average Bonchev–Trinajstić information content (AvgIpc) is 2.26. The van der Waals surface area contributed by atoms with Crippen molar-refractivity contribution >= 4 is 45.9 Å². The number of nitro benzene ring substituents is 1. The third kappa shape index (κ3) is 4.35. The van der Waals surface area contributed by atoms with Crippen LogP contribution in [0.5, 0.6) is 0 Å². The Bertz CT molecular complexity index is 517. The van der Waals surface area contributed by atoms with E-state index in [0.29, 0.717) is 9.26 Å². The van der Waals surface area contributed by atoms with E-state index in [0.717, 1.165) is 4.90 Å². The van der Waals surface area contributed by atoms with Gasteiger partial charge in [-0.15, -0.1) is 0 Å². The summed E-state index contributed by atoms with van der Waals surface area (Å²) in [5, 5.41) is 28.1. The van der Waals surface area contributed by atoms with Gasteiger partial charge in [0.25, 0.3) is 5.69 Å². The minimum atomic E-state index is -1.18. The number of non-ortho nitro benzene ring substituents is 1. The monoisotopic (exact) mass is 380 g/mol. The number of carboxylic acid groups (broad SMARTS) is 2. The Morgan fingerprint density at radius 1 is 1.26 bits per heavy atom. The van der Waals surface area contributed by atoms with Crippen molar-refractivity contribution in [3.63, 3.8) is 0 Å². The Kier molecular flexibility index (Phi) is 5.03. The number of aliphatic carboxylic acids is 2. The maximum atomic E-state index is 10.7. The molecule has 9 heteroatoms. The molecule has 1 aromatic carbocycles. The molecule has 0 amide bonds. The van der Waals surface area contributed by atoms with Gasteiger partial charge >= 0.3 is 11.9 Å². The van der Waals surface area contributed by atoms with E-state index in [4.69, 9.17) is 10.2 Å². The van der Waals surface area contributed by atoms with Crippen LogP contribution in [-0.2, 0) is 9.59 Å². The molecule has 1 aromatic rings. The van der Waals surface area contributed by atoms with Crippen LogP contribution in [0, 0.1) is 13.7 Å². The molecule has 2 N–H and O–H groups in total. The van der Waals surface area contributed by atoms with Crippen LogP contribution in [0.4, 0.5) is 11.4 Å². The smallest absolute Gasteiger partial charge is 0.323 e. The number of anilines is 1. The van der Waals surface area contributed by atoms with Gasteiger partial charge in [0.2, 0.25) is 0 Å². The quantitative estimate of drug-likeness (QED) is 0.432. The highest BCUT2D eigenvalue weighted by atomic mass is 127. The summed E-state index contributed by atoms with van der Waals surface area (Å²) < 4.78 is 0.411. The molecule has 0 unspecified atom stereocenters. The molecule has 0 aliphatic carbocycles. The van der Waals surface area contributed by atoms with Crippen molar-refractivity contribution in [1.82, 2.24) is 0 Å². The van der Waals surface area contributed by atoms with E-state index in [-0.39, 0.29) is 5.69 Å². The highest BCUT2D eigenvalue weighted by Crippen LogP contribution is 2.26. The number of halogens is 1. The molecule has 0 heterocycles. The number of carboxylic acids is 2. The fourth-order valence-corrected chi connectivity index (χ4v) is 2.26. The third-order valence-electron chi connectivity index (χ3n) is 2.14. The van der Waals surface area contributed by atoms with Crippen LogP contribution >= 0.6 is 22.6 Å². The zero-order valence-corrected chi connectivity index (χ0v) is 11.6. The van der Waals surface area contributed by atoms with Crippen LogP contribution in [0.2, 0.25) is 0 Å². The van der Waals surface area contributed by atoms with Crippen LogP contribution < -0.4 is 4.90 Å². The van der Waals surface area contributed by atoms with Crippen molar-refractivity contribution in [1.29, 1.82) is 0 Å². The van der Waals surface area contributed by atoms with Gasteiger partial charge in [0.15, 0.2) is 0 Å². The van der Waals surface area contributed by atoms with Gasteiger partial charge in [-0.25, -0.2) is 0 Å². The molecule has 0 spiro atoms. The molecular formula is C10H9IN2O6. The molecule has 0 radical (unpaired) electrons. The minimum Gasteiger partial charge on any atom is -0.480 e. The first-order valence-corrected chi connectivity index (χ1v) is 6.01. The first kappa shape index (κ1) is 15.1.